The minimum atomic E-state index is -0.515. The van der Waals surface area contributed by atoms with Crippen molar-refractivity contribution in [2.75, 3.05) is 5.32 Å². The number of rotatable bonds is 5. The van der Waals surface area contributed by atoms with Crippen LogP contribution in [0.5, 0.6) is 0 Å². The first kappa shape index (κ1) is 22.6. The third-order valence-corrected chi connectivity index (χ3v) is 5.47. The fourth-order valence-electron chi connectivity index (χ4n) is 3.71. The monoisotopic (exact) mass is 456 g/mol. The highest BCUT2D eigenvalue weighted by molar-refractivity contribution is 6.04. The van der Waals surface area contributed by atoms with Crippen molar-refractivity contribution in [3.63, 3.8) is 0 Å². The lowest BCUT2D eigenvalue weighted by Crippen LogP contribution is -2.41. The Morgan fingerprint density at radius 3 is 2.24 bits per heavy atom. The van der Waals surface area contributed by atoms with Crippen molar-refractivity contribution in [3.05, 3.63) is 107 Å². The highest BCUT2D eigenvalue weighted by Gasteiger charge is 2.18. The van der Waals surface area contributed by atoms with Crippen molar-refractivity contribution in [3.8, 4) is 5.69 Å². The maximum atomic E-state index is 12.8. The first-order chi connectivity index (χ1) is 16.3. The molecule has 0 atom stereocenters. The van der Waals surface area contributed by atoms with E-state index >= 15 is 0 Å². The minimum absolute atomic E-state index is 0.162. The number of furan rings is 1. The van der Waals surface area contributed by atoms with E-state index in [0.29, 0.717) is 11.3 Å². The average Bonchev–Trinajstić information content (AvgIpc) is 3.47. The number of hydrogen-bond acceptors (Lipinski definition) is 4. The Balaban J connectivity index is 1.45. The summed E-state index contributed by atoms with van der Waals surface area (Å²) in [4.78, 5) is 37.7. The van der Waals surface area contributed by atoms with Gasteiger partial charge >= 0.3 is 0 Å². The van der Waals surface area contributed by atoms with Crippen LogP contribution < -0.4 is 16.2 Å². The van der Waals surface area contributed by atoms with Crippen LogP contribution in [0.1, 0.15) is 48.2 Å². The van der Waals surface area contributed by atoms with Gasteiger partial charge in [0.1, 0.15) is 0 Å². The van der Waals surface area contributed by atoms with Gasteiger partial charge in [-0.2, -0.15) is 0 Å². The number of aryl methyl sites for hydroxylation is 2. The van der Waals surface area contributed by atoms with E-state index in [-0.39, 0.29) is 11.3 Å². The third-order valence-electron chi connectivity index (χ3n) is 5.47. The van der Waals surface area contributed by atoms with Gasteiger partial charge in [0.2, 0.25) is 0 Å². The molecule has 2 aromatic heterocycles. The van der Waals surface area contributed by atoms with Crippen LogP contribution in [0.15, 0.2) is 77.4 Å². The van der Waals surface area contributed by atoms with Crippen LogP contribution in [0, 0.1) is 20.8 Å². The topological polar surface area (TPSA) is 105 Å². The molecule has 4 rings (SSSR count). The van der Waals surface area contributed by atoms with Crippen molar-refractivity contribution >= 4 is 23.4 Å². The van der Waals surface area contributed by atoms with Gasteiger partial charge < -0.3 is 14.3 Å². The van der Waals surface area contributed by atoms with Crippen LogP contribution in [-0.2, 0) is 0 Å². The summed E-state index contributed by atoms with van der Waals surface area (Å²) in [5.74, 6) is -1.21. The molecular formula is C26H24N4O4. The van der Waals surface area contributed by atoms with Gasteiger partial charge in [0.25, 0.3) is 17.7 Å². The number of aromatic nitrogens is 1. The average molecular weight is 457 g/mol. The smallest absolute Gasteiger partial charge is 0.291 e. The molecule has 3 amide bonds. The molecule has 0 spiro atoms. The number of anilines is 1. The van der Waals surface area contributed by atoms with Crippen molar-refractivity contribution in [2.45, 2.75) is 20.8 Å². The second kappa shape index (κ2) is 9.50. The molecule has 0 bridgehead atoms. The van der Waals surface area contributed by atoms with Crippen LogP contribution in [0.2, 0.25) is 0 Å². The fourth-order valence-corrected chi connectivity index (χ4v) is 3.71. The summed E-state index contributed by atoms with van der Waals surface area (Å²) in [6.45, 7) is 5.58. The Labute approximate surface area is 196 Å². The Hall–Kier alpha value is -4.59. The van der Waals surface area contributed by atoms with Crippen molar-refractivity contribution in [1.29, 1.82) is 0 Å². The van der Waals surface area contributed by atoms with Gasteiger partial charge in [0, 0.05) is 28.3 Å². The molecule has 0 saturated heterocycles. The zero-order valence-corrected chi connectivity index (χ0v) is 19.0. The van der Waals surface area contributed by atoms with Crippen LogP contribution in [0.25, 0.3) is 5.69 Å². The van der Waals surface area contributed by atoms with E-state index in [1.54, 1.807) is 36.4 Å². The van der Waals surface area contributed by atoms with E-state index in [1.807, 2.05) is 55.7 Å². The number of para-hydroxylation sites is 1. The Morgan fingerprint density at radius 1 is 0.794 bits per heavy atom. The number of nitrogens with one attached hydrogen (secondary N) is 3. The molecule has 0 aliphatic heterocycles. The molecule has 0 radical (unpaired) electrons. The van der Waals surface area contributed by atoms with Crippen LogP contribution >= 0.6 is 0 Å². The molecule has 8 nitrogen and oxygen atoms in total. The fraction of sp³-hybridized carbons (Fsp3) is 0.115. The molecule has 0 fully saturated rings. The number of amides is 3. The zero-order chi connectivity index (χ0) is 24.2. The summed E-state index contributed by atoms with van der Waals surface area (Å²) in [7, 11) is 0. The molecule has 34 heavy (non-hydrogen) atoms. The van der Waals surface area contributed by atoms with Crippen LogP contribution in [0.4, 0.5) is 5.69 Å². The molecule has 0 saturated carbocycles. The molecular weight excluding hydrogens is 432 g/mol. The van der Waals surface area contributed by atoms with Gasteiger partial charge in [-0.3, -0.25) is 25.2 Å². The summed E-state index contributed by atoms with van der Waals surface area (Å²) in [5.41, 5.74) is 9.49. The van der Waals surface area contributed by atoms with E-state index in [2.05, 4.69) is 16.2 Å². The lowest BCUT2D eigenvalue weighted by molar-refractivity contribution is 0.0846. The van der Waals surface area contributed by atoms with Gasteiger partial charge in [-0.15, -0.1) is 0 Å². The molecule has 172 valence electrons. The first-order valence-electron chi connectivity index (χ1n) is 10.7. The number of hydrogen-bond donors (Lipinski definition) is 3. The summed E-state index contributed by atoms with van der Waals surface area (Å²) in [6.07, 6.45) is 1.41. The number of carbonyl (C=O) groups is 3. The Kier molecular flexibility index (Phi) is 6.31. The maximum absolute atomic E-state index is 12.8. The van der Waals surface area contributed by atoms with Gasteiger partial charge in [0.05, 0.1) is 11.8 Å². The van der Waals surface area contributed by atoms with Gasteiger partial charge in [-0.1, -0.05) is 24.3 Å². The molecule has 3 N–H and O–H groups in total. The molecule has 2 aromatic carbocycles. The van der Waals surface area contributed by atoms with E-state index < -0.39 is 17.7 Å². The zero-order valence-electron chi connectivity index (χ0n) is 19.0. The molecule has 4 aromatic rings. The summed E-state index contributed by atoms with van der Waals surface area (Å²) in [6, 6.07) is 19.5. The third kappa shape index (κ3) is 4.61. The quantitative estimate of drug-likeness (QED) is 0.389. The summed E-state index contributed by atoms with van der Waals surface area (Å²) < 4.78 is 7.08. The van der Waals surface area contributed by atoms with E-state index in [4.69, 9.17) is 4.42 Å². The summed E-state index contributed by atoms with van der Waals surface area (Å²) in [5, 5.41) is 2.73. The van der Waals surface area contributed by atoms with Gasteiger partial charge in [0.15, 0.2) is 5.76 Å². The largest absolute Gasteiger partial charge is 0.459 e. The maximum Gasteiger partial charge on any atom is 0.291 e. The SMILES string of the molecule is Cc1ccc(C(=O)NNC(=O)c2cc(C)n(-c3ccccc3)c2C)cc1NC(=O)c1ccco1. The number of carbonyl (C=O) groups excluding carboxylic acids is 3. The summed E-state index contributed by atoms with van der Waals surface area (Å²) >= 11 is 0. The molecule has 0 aliphatic rings. The van der Waals surface area contributed by atoms with E-state index in [9.17, 15) is 14.4 Å². The number of nitrogens with zero attached hydrogens (tertiary/aromatic N) is 1. The van der Waals surface area contributed by atoms with Crippen LogP contribution in [0.3, 0.4) is 0 Å². The molecule has 0 aliphatic carbocycles. The first-order valence-corrected chi connectivity index (χ1v) is 10.7. The van der Waals surface area contributed by atoms with Crippen molar-refractivity contribution in [2.24, 2.45) is 0 Å². The minimum Gasteiger partial charge on any atom is -0.459 e. The lowest BCUT2D eigenvalue weighted by Gasteiger charge is -2.12. The predicted molar refractivity (Wildman–Crippen MR) is 128 cm³/mol. The van der Waals surface area contributed by atoms with Gasteiger partial charge in [-0.05, 0) is 68.8 Å². The molecule has 0 unspecified atom stereocenters. The van der Waals surface area contributed by atoms with E-state index in [0.717, 1.165) is 22.6 Å². The highest BCUT2D eigenvalue weighted by Crippen LogP contribution is 2.21. The Morgan fingerprint density at radius 2 is 1.53 bits per heavy atom. The van der Waals surface area contributed by atoms with E-state index in [1.165, 1.54) is 6.26 Å². The number of hydrazine groups is 1. The normalized spacial score (nSPS) is 10.6. The lowest BCUT2D eigenvalue weighted by atomic mass is 10.1. The second-order valence-corrected chi connectivity index (χ2v) is 7.83. The number of benzene rings is 2. The van der Waals surface area contributed by atoms with Crippen LogP contribution in [-0.4, -0.2) is 22.3 Å². The molecule has 2 heterocycles. The van der Waals surface area contributed by atoms with Crippen molar-refractivity contribution in [1.82, 2.24) is 15.4 Å². The van der Waals surface area contributed by atoms with Gasteiger partial charge in [-0.25, -0.2) is 0 Å². The highest BCUT2D eigenvalue weighted by atomic mass is 16.3. The van der Waals surface area contributed by atoms with Crippen molar-refractivity contribution < 1.29 is 18.8 Å². The predicted octanol–water partition coefficient (Wildman–Crippen LogP) is 4.32. The Bertz CT molecular complexity index is 1360. The molecule has 8 heteroatoms. The second-order valence-electron chi connectivity index (χ2n) is 7.83. The standard InChI is InChI=1S/C26H24N4O4/c1-16-11-12-19(15-22(16)27-26(33)23-10-7-13-34-23)24(31)28-29-25(32)21-14-17(2)30(18(21)3)20-8-5-4-6-9-20/h4-15H,1-3H3,(H,27,33)(H,28,31)(H,29,32).